The molecule has 2 atom stereocenters. The van der Waals surface area contributed by atoms with E-state index in [-0.39, 0.29) is 17.9 Å². The number of esters is 1. The number of methoxy groups -OCH3 is 1. The van der Waals surface area contributed by atoms with Gasteiger partial charge in [0, 0.05) is 25.8 Å². The quantitative estimate of drug-likeness (QED) is 0.781. The van der Waals surface area contributed by atoms with Gasteiger partial charge in [-0.15, -0.1) is 0 Å². The Morgan fingerprint density at radius 2 is 2.27 bits per heavy atom. The summed E-state index contributed by atoms with van der Waals surface area (Å²) in [6.45, 7) is 4.77. The highest BCUT2D eigenvalue weighted by Crippen LogP contribution is 2.25. The molecule has 1 amide bonds. The lowest BCUT2D eigenvalue weighted by Crippen LogP contribution is -2.43. The Morgan fingerprint density at radius 3 is 3.04 bits per heavy atom. The third kappa shape index (κ3) is 2.78. The normalized spacial score (nSPS) is 22.8. The van der Waals surface area contributed by atoms with Gasteiger partial charge in [0.2, 0.25) is 11.9 Å². The first kappa shape index (κ1) is 16.8. The SMILES string of the molecule is CCn1c(N2C[C@H]3COC[C@@H](C2)C(=O)N3)nc2cc(C(=O)OC)cnc21. The number of hydrogen-bond donors (Lipinski definition) is 1. The first-order valence-electron chi connectivity index (χ1n) is 8.68. The molecule has 0 radical (unpaired) electrons. The summed E-state index contributed by atoms with van der Waals surface area (Å²) >= 11 is 0. The summed E-state index contributed by atoms with van der Waals surface area (Å²) in [5.41, 5.74) is 1.71. The van der Waals surface area contributed by atoms with Crippen LogP contribution in [0.5, 0.6) is 0 Å². The highest BCUT2D eigenvalue weighted by Gasteiger charge is 2.35. The number of nitrogens with one attached hydrogen (secondary N) is 1. The molecule has 4 rings (SSSR count). The minimum atomic E-state index is -0.441. The van der Waals surface area contributed by atoms with Gasteiger partial charge in [-0.1, -0.05) is 0 Å². The van der Waals surface area contributed by atoms with Crippen molar-refractivity contribution in [3.05, 3.63) is 17.8 Å². The van der Waals surface area contributed by atoms with Crippen molar-refractivity contribution >= 4 is 29.0 Å². The van der Waals surface area contributed by atoms with Crippen LogP contribution in [-0.4, -0.2) is 65.9 Å². The van der Waals surface area contributed by atoms with Crippen LogP contribution < -0.4 is 10.2 Å². The van der Waals surface area contributed by atoms with Gasteiger partial charge in [0.15, 0.2) is 5.65 Å². The number of aryl methyl sites for hydroxylation is 1. The zero-order valence-corrected chi connectivity index (χ0v) is 14.8. The lowest BCUT2D eigenvalue weighted by molar-refractivity contribution is -0.124. The van der Waals surface area contributed by atoms with Crippen molar-refractivity contribution in [2.45, 2.75) is 19.5 Å². The number of rotatable bonds is 3. The molecule has 0 unspecified atom stereocenters. The van der Waals surface area contributed by atoms with Crippen molar-refractivity contribution in [1.29, 1.82) is 0 Å². The van der Waals surface area contributed by atoms with E-state index >= 15 is 0 Å². The van der Waals surface area contributed by atoms with E-state index in [1.807, 2.05) is 11.5 Å². The topological polar surface area (TPSA) is 98.6 Å². The highest BCUT2D eigenvalue weighted by molar-refractivity contribution is 5.92. The van der Waals surface area contributed by atoms with E-state index in [0.717, 1.165) is 5.95 Å². The van der Waals surface area contributed by atoms with E-state index in [4.69, 9.17) is 14.5 Å². The van der Waals surface area contributed by atoms with E-state index in [0.29, 0.717) is 49.6 Å². The Balaban J connectivity index is 1.75. The molecule has 2 bridgehead atoms. The average molecular weight is 359 g/mol. The zero-order chi connectivity index (χ0) is 18.3. The molecule has 2 fully saturated rings. The average Bonchev–Trinajstić information content (AvgIpc) is 2.80. The van der Waals surface area contributed by atoms with Crippen LogP contribution in [0, 0.1) is 5.92 Å². The number of imidazole rings is 1. The minimum absolute atomic E-state index is 0.0280. The van der Waals surface area contributed by atoms with Crippen LogP contribution in [-0.2, 0) is 20.8 Å². The van der Waals surface area contributed by atoms with Crippen molar-refractivity contribution in [2.75, 3.05) is 38.3 Å². The molecule has 2 saturated heterocycles. The van der Waals surface area contributed by atoms with Crippen LogP contribution in [0.2, 0.25) is 0 Å². The molecule has 9 nitrogen and oxygen atoms in total. The number of ether oxygens (including phenoxy) is 2. The molecule has 4 heterocycles. The van der Waals surface area contributed by atoms with Gasteiger partial charge >= 0.3 is 5.97 Å². The van der Waals surface area contributed by atoms with Crippen LogP contribution in [0.15, 0.2) is 12.3 Å². The number of carbonyl (C=O) groups excluding carboxylic acids is 2. The molecule has 26 heavy (non-hydrogen) atoms. The first-order valence-corrected chi connectivity index (χ1v) is 8.68. The van der Waals surface area contributed by atoms with Crippen LogP contribution in [0.3, 0.4) is 0 Å². The van der Waals surface area contributed by atoms with Crippen LogP contribution in [0.4, 0.5) is 5.95 Å². The van der Waals surface area contributed by atoms with Crippen LogP contribution >= 0.6 is 0 Å². The standard InChI is InChI=1S/C17H21N5O4/c1-3-22-14-13(4-10(5-18-14)16(24)25-2)20-17(22)21-6-11-8-26-9-12(7-21)19-15(11)23/h4-5,11-12H,3,6-9H2,1-2H3,(H,19,23)/t11-,12+/m1/s1. The second-order valence-electron chi connectivity index (χ2n) is 6.56. The number of fused-ring (bicyclic) bond motifs is 4. The second-order valence-corrected chi connectivity index (χ2v) is 6.56. The number of nitrogens with zero attached hydrogens (tertiary/aromatic N) is 4. The fourth-order valence-corrected chi connectivity index (χ4v) is 3.55. The maximum Gasteiger partial charge on any atom is 0.339 e. The zero-order valence-electron chi connectivity index (χ0n) is 14.8. The smallest absolute Gasteiger partial charge is 0.339 e. The van der Waals surface area contributed by atoms with Gasteiger partial charge in [-0.3, -0.25) is 9.36 Å². The summed E-state index contributed by atoms with van der Waals surface area (Å²) in [4.78, 5) is 35.3. The maximum absolute atomic E-state index is 12.2. The molecule has 0 aromatic carbocycles. The maximum atomic E-state index is 12.2. The number of aromatic nitrogens is 3. The summed E-state index contributed by atoms with van der Waals surface area (Å²) in [5.74, 6) is 0.111. The number of pyridine rings is 1. The molecule has 2 aromatic rings. The predicted octanol–water partition coefficient (Wildman–Crippen LogP) is 0.189. The fourth-order valence-electron chi connectivity index (χ4n) is 3.55. The van der Waals surface area contributed by atoms with Crippen LogP contribution in [0.1, 0.15) is 17.3 Å². The number of anilines is 1. The van der Waals surface area contributed by atoms with Gasteiger partial charge in [-0.05, 0) is 13.0 Å². The molecule has 9 heteroatoms. The number of amides is 1. The summed E-state index contributed by atoms with van der Waals surface area (Å²) in [7, 11) is 1.34. The fraction of sp³-hybridized carbons (Fsp3) is 0.529. The van der Waals surface area contributed by atoms with E-state index < -0.39 is 5.97 Å². The second kappa shape index (κ2) is 6.56. The molecule has 0 aliphatic carbocycles. The Bertz CT molecular complexity index is 864. The molecule has 138 valence electrons. The third-order valence-electron chi connectivity index (χ3n) is 4.82. The van der Waals surface area contributed by atoms with Gasteiger partial charge in [-0.2, -0.15) is 0 Å². The molecule has 2 aromatic heterocycles. The van der Waals surface area contributed by atoms with Gasteiger partial charge in [-0.25, -0.2) is 14.8 Å². The van der Waals surface area contributed by atoms with Gasteiger partial charge in [0.25, 0.3) is 0 Å². The third-order valence-corrected chi connectivity index (χ3v) is 4.82. The van der Waals surface area contributed by atoms with Crippen molar-refractivity contribution in [1.82, 2.24) is 19.9 Å². The molecule has 2 aliphatic rings. The van der Waals surface area contributed by atoms with Gasteiger partial charge in [0.05, 0.1) is 37.8 Å². The van der Waals surface area contributed by atoms with Crippen molar-refractivity contribution < 1.29 is 19.1 Å². The summed E-state index contributed by atoms with van der Waals surface area (Å²) in [6.07, 6.45) is 1.50. The first-order chi connectivity index (χ1) is 12.6. The number of carbonyl (C=O) groups is 2. The van der Waals surface area contributed by atoms with Crippen molar-refractivity contribution in [3.63, 3.8) is 0 Å². The molecule has 1 N–H and O–H groups in total. The predicted molar refractivity (Wildman–Crippen MR) is 93.0 cm³/mol. The Morgan fingerprint density at radius 1 is 1.42 bits per heavy atom. The minimum Gasteiger partial charge on any atom is -0.465 e. The highest BCUT2D eigenvalue weighted by atomic mass is 16.5. The summed E-state index contributed by atoms with van der Waals surface area (Å²) in [6, 6.07) is 1.62. The molecule has 0 saturated carbocycles. The Kier molecular flexibility index (Phi) is 4.23. The molecule has 2 aliphatic heterocycles. The van der Waals surface area contributed by atoms with E-state index in [9.17, 15) is 9.59 Å². The largest absolute Gasteiger partial charge is 0.465 e. The van der Waals surface area contributed by atoms with E-state index in [2.05, 4.69) is 15.2 Å². The van der Waals surface area contributed by atoms with Crippen molar-refractivity contribution in [3.8, 4) is 0 Å². The van der Waals surface area contributed by atoms with E-state index in [1.165, 1.54) is 13.3 Å². The Labute approximate surface area is 150 Å². The van der Waals surface area contributed by atoms with Gasteiger partial charge in [0.1, 0.15) is 5.52 Å². The lowest BCUT2D eigenvalue weighted by Gasteiger charge is -2.28. The molecule has 0 spiro atoms. The monoisotopic (exact) mass is 359 g/mol. The summed E-state index contributed by atoms with van der Waals surface area (Å²) < 4.78 is 12.3. The van der Waals surface area contributed by atoms with Gasteiger partial charge < -0.3 is 19.7 Å². The Hall–Kier alpha value is -2.68. The number of hydrogen-bond acceptors (Lipinski definition) is 7. The lowest BCUT2D eigenvalue weighted by atomic mass is 10.1. The molecular weight excluding hydrogens is 338 g/mol. The van der Waals surface area contributed by atoms with Crippen molar-refractivity contribution in [2.24, 2.45) is 5.92 Å². The van der Waals surface area contributed by atoms with E-state index in [1.54, 1.807) is 6.07 Å². The van der Waals surface area contributed by atoms with Crippen LogP contribution in [0.25, 0.3) is 11.2 Å². The molecular formula is C17H21N5O4. The summed E-state index contributed by atoms with van der Waals surface area (Å²) in [5, 5.41) is 3.02.